The second-order valence-electron chi connectivity index (χ2n) is 6.38. The third-order valence-corrected chi connectivity index (χ3v) is 5.17. The Hall–Kier alpha value is -2.69. The molecule has 0 atom stereocenters. The number of thiol groups is 1. The molecule has 0 bridgehead atoms. The first-order chi connectivity index (χ1) is 13.0. The van der Waals surface area contributed by atoms with Crippen molar-refractivity contribution in [3.05, 3.63) is 94.5 Å². The number of benzene rings is 3. The average Bonchev–Trinajstić information content (AvgIpc) is 2.98. The van der Waals surface area contributed by atoms with E-state index in [1.165, 1.54) is 0 Å². The van der Waals surface area contributed by atoms with E-state index in [1.54, 1.807) is 16.4 Å². The van der Waals surface area contributed by atoms with E-state index in [0.29, 0.717) is 16.3 Å². The molecule has 1 amide bonds. The van der Waals surface area contributed by atoms with Crippen molar-refractivity contribution in [2.45, 2.75) is 6.92 Å². The molecular weight excluding hydrogens is 376 g/mol. The molecular formula is C22H17ClN2OS. The van der Waals surface area contributed by atoms with E-state index in [-0.39, 0.29) is 5.91 Å². The van der Waals surface area contributed by atoms with Crippen LogP contribution >= 0.6 is 24.4 Å². The Morgan fingerprint density at radius 2 is 1.70 bits per heavy atom. The van der Waals surface area contributed by atoms with E-state index in [2.05, 4.69) is 5.32 Å². The van der Waals surface area contributed by atoms with Crippen molar-refractivity contribution >= 4 is 53.0 Å². The molecule has 1 N–H and O–H groups in total. The number of hydrogen-bond donors (Lipinski definition) is 2. The topological polar surface area (TPSA) is 32.3 Å². The molecule has 3 aromatic carbocycles. The summed E-state index contributed by atoms with van der Waals surface area (Å²) in [5.41, 5.74) is 5.76. The molecule has 4 rings (SSSR count). The maximum Gasteiger partial charge on any atom is 0.258 e. The van der Waals surface area contributed by atoms with Crippen LogP contribution in [0.25, 0.3) is 11.3 Å². The molecule has 0 unspecified atom stereocenters. The number of hydrogen-bond acceptors (Lipinski definition) is 3. The van der Waals surface area contributed by atoms with E-state index in [4.69, 9.17) is 24.4 Å². The zero-order valence-electron chi connectivity index (χ0n) is 14.6. The highest BCUT2D eigenvalue weighted by Gasteiger charge is 2.30. The van der Waals surface area contributed by atoms with Crippen molar-refractivity contribution in [3.63, 3.8) is 0 Å². The number of anilines is 2. The molecule has 1 aliphatic rings. The van der Waals surface area contributed by atoms with Gasteiger partial charge in [-0.2, -0.15) is 0 Å². The van der Waals surface area contributed by atoms with Crippen molar-refractivity contribution in [1.82, 2.24) is 0 Å². The summed E-state index contributed by atoms with van der Waals surface area (Å²) in [6, 6.07) is 23.2. The molecule has 0 spiro atoms. The number of halogens is 1. The van der Waals surface area contributed by atoms with E-state index in [1.807, 2.05) is 67.6 Å². The van der Waals surface area contributed by atoms with Gasteiger partial charge in [-0.25, -0.2) is 0 Å². The molecule has 1 aliphatic heterocycles. The second-order valence-corrected chi connectivity index (χ2v) is 7.22. The number of aryl methyl sites for hydroxylation is 1. The molecule has 134 valence electrons. The van der Waals surface area contributed by atoms with Crippen LogP contribution in [-0.4, -0.2) is 5.91 Å². The quantitative estimate of drug-likeness (QED) is 0.434. The number of carbonyl (C=O) groups is 1. The normalized spacial score (nSPS) is 14.6. The number of amides is 1. The van der Waals surface area contributed by atoms with E-state index in [9.17, 15) is 4.79 Å². The van der Waals surface area contributed by atoms with Crippen molar-refractivity contribution in [3.8, 4) is 0 Å². The fourth-order valence-electron chi connectivity index (χ4n) is 3.16. The van der Waals surface area contributed by atoms with Crippen molar-refractivity contribution in [2.75, 3.05) is 9.62 Å². The second kappa shape index (κ2) is 7.14. The van der Waals surface area contributed by atoms with Gasteiger partial charge in [0, 0.05) is 10.6 Å². The maximum atomic E-state index is 12.9. The molecule has 27 heavy (non-hydrogen) atoms. The lowest BCUT2D eigenvalue weighted by Gasteiger charge is -2.23. The Morgan fingerprint density at radius 3 is 2.41 bits per heavy atom. The minimum atomic E-state index is -0.169. The van der Waals surface area contributed by atoms with Gasteiger partial charge in [0.1, 0.15) is 0 Å². The van der Waals surface area contributed by atoms with Crippen LogP contribution in [0.5, 0.6) is 0 Å². The van der Waals surface area contributed by atoms with Crippen molar-refractivity contribution in [2.24, 2.45) is 0 Å². The van der Waals surface area contributed by atoms with Crippen LogP contribution in [0.4, 0.5) is 11.4 Å². The molecule has 0 aliphatic carbocycles. The Morgan fingerprint density at radius 1 is 1.00 bits per heavy atom. The molecule has 5 heteroatoms. The van der Waals surface area contributed by atoms with Crippen LogP contribution in [0.15, 0.2) is 72.8 Å². The third kappa shape index (κ3) is 3.34. The van der Waals surface area contributed by atoms with E-state index < -0.39 is 0 Å². The lowest BCUT2D eigenvalue weighted by molar-refractivity contribution is -0.110. The molecule has 3 nitrogen and oxygen atoms in total. The monoisotopic (exact) mass is 392 g/mol. The maximum absolute atomic E-state index is 12.9. The number of rotatable bonds is 3. The van der Waals surface area contributed by atoms with Crippen LogP contribution in [0.3, 0.4) is 0 Å². The molecule has 0 saturated heterocycles. The summed E-state index contributed by atoms with van der Waals surface area (Å²) in [7, 11) is 0. The lowest BCUT2D eigenvalue weighted by Crippen LogP contribution is -2.15. The van der Waals surface area contributed by atoms with Gasteiger partial charge in [-0.15, -0.1) is 0 Å². The Labute approximate surface area is 168 Å². The zero-order valence-corrected chi connectivity index (χ0v) is 16.3. The summed E-state index contributed by atoms with van der Waals surface area (Å²) in [6.07, 6.45) is 0. The van der Waals surface area contributed by atoms with Gasteiger partial charge in [-0.1, -0.05) is 78.5 Å². The molecule has 0 fully saturated rings. The number of nitrogens with one attached hydrogen (secondary N) is 1. The molecule has 0 aromatic heterocycles. The highest BCUT2D eigenvalue weighted by molar-refractivity contribution is 7.82. The summed E-state index contributed by atoms with van der Waals surface area (Å²) in [5, 5.41) is 3.49. The largest absolute Gasteiger partial charge is 0.321 e. The predicted octanol–water partition coefficient (Wildman–Crippen LogP) is 5.82. The third-order valence-electron chi connectivity index (χ3n) is 4.50. The summed E-state index contributed by atoms with van der Waals surface area (Å²) in [4.78, 5) is 12.9. The smallest absolute Gasteiger partial charge is 0.258 e. The van der Waals surface area contributed by atoms with E-state index in [0.717, 1.165) is 28.1 Å². The molecule has 0 saturated carbocycles. The van der Waals surface area contributed by atoms with Gasteiger partial charge < -0.3 is 5.32 Å². The van der Waals surface area contributed by atoms with Gasteiger partial charge >= 0.3 is 0 Å². The summed E-state index contributed by atoms with van der Waals surface area (Å²) >= 11 is 10.9. The molecule has 0 radical (unpaired) electrons. The predicted molar refractivity (Wildman–Crippen MR) is 116 cm³/mol. The Bertz CT molecular complexity index is 1050. The van der Waals surface area contributed by atoms with Gasteiger partial charge in [0.25, 0.3) is 5.91 Å². The fourth-order valence-corrected chi connectivity index (χ4v) is 3.68. The van der Waals surface area contributed by atoms with Gasteiger partial charge in [0.15, 0.2) is 0 Å². The highest BCUT2D eigenvalue weighted by Crippen LogP contribution is 2.41. The first-order valence-corrected chi connectivity index (χ1v) is 9.29. The average molecular weight is 393 g/mol. The number of fused-ring (bicyclic) bond motifs is 1. The summed E-state index contributed by atoms with van der Waals surface area (Å²) < 4.78 is 1.76. The SMILES string of the molecule is Cc1ccc(N(S)/C(=C2\C(=O)Nc3cc(Cl)ccc32)c2ccccc2)cc1. The first-order valence-electron chi connectivity index (χ1n) is 8.51. The van der Waals surface area contributed by atoms with Crippen molar-refractivity contribution in [1.29, 1.82) is 0 Å². The van der Waals surface area contributed by atoms with Crippen LogP contribution < -0.4 is 9.62 Å². The van der Waals surface area contributed by atoms with Crippen LogP contribution in [0, 0.1) is 6.92 Å². The van der Waals surface area contributed by atoms with Crippen LogP contribution in [0.1, 0.15) is 16.7 Å². The minimum absolute atomic E-state index is 0.169. The fraction of sp³-hybridized carbons (Fsp3) is 0.0455. The Balaban J connectivity index is 1.96. The van der Waals surface area contributed by atoms with Gasteiger partial charge in [-0.05, 0) is 36.8 Å². The lowest BCUT2D eigenvalue weighted by atomic mass is 10.00. The number of nitrogens with zero attached hydrogens (tertiary/aromatic N) is 1. The highest BCUT2D eigenvalue weighted by atomic mass is 35.5. The summed E-state index contributed by atoms with van der Waals surface area (Å²) in [5.74, 6) is -0.169. The number of carbonyl (C=O) groups excluding carboxylic acids is 1. The van der Waals surface area contributed by atoms with Gasteiger partial charge in [0.05, 0.1) is 22.6 Å². The Kier molecular flexibility index (Phi) is 4.68. The van der Waals surface area contributed by atoms with Crippen molar-refractivity contribution < 1.29 is 4.79 Å². The molecule has 1 heterocycles. The minimum Gasteiger partial charge on any atom is -0.321 e. The van der Waals surface area contributed by atoms with E-state index >= 15 is 0 Å². The van der Waals surface area contributed by atoms with Crippen LogP contribution in [-0.2, 0) is 4.79 Å². The zero-order chi connectivity index (χ0) is 19.0. The molecule has 3 aromatic rings. The standard InChI is InChI=1S/C22H17ClN2OS/c1-14-7-10-17(11-8-14)25(27)21(15-5-3-2-4-6-15)20-18-12-9-16(23)13-19(18)24-22(20)26/h2-13,27H,1H3,(H,24,26)/b21-20-. The van der Waals surface area contributed by atoms with Gasteiger partial charge in [0.2, 0.25) is 0 Å². The van der Waals surface area contributed by atoms with Gasteiger partial charge in [-0.3, -0.25) is 9.10 Å². The summed E-state index contributed by atoms with van der Waals surface area (Å²) in [6.45, 7) is 2.04. The van der Waals surface area contributed by atoms with Crippen LogP contribution in [0.2, 0.25) is 5.02 Å². The first kappa shape index (κ1) is 17.7.